The third-order valence-electron chi connectivity index (χ3n) is 3.24. The molecular weight excluding hydrogens is 333 g/mol. The molecule has 106 valence electrons. The number of benzene rings is 3. The van der Waals surface area contributed by atoms with Gasteiger partial charge in [-0.25, -0.2) is 4.39 Å². The van der Waals surface area contributed by atoms with Crippen LogP contribution >= 0.6 is 15.9 Å². The van der Waals surface area contributed by atoms with Crippen LogP contribution in [0.15, 0.2) is 59.1 Å². The van der Waals surface area contributed by atoms with Gasteiger partial charge in [-0.15, -0.1) is 0 Å². The number of ether oxygens (including phenoxy) is 1. The van der Waals surface area contributed by atoms with Crippen LogP contribution in [-0.2, 0) is 6.54 Å². The molecule has 0 heterocycles. The highest BCUT2D eigenvalue weighted by molar-refractivity contribution is 9.10. The normalized spacial score (nSPS) is 10.8. The van der Waals surface area contributed by atoms with Crippen molar-refractivity contribution < 1.29 is 9.13 Å². The van der Waals surface area contributed by atoms with Crippen molar-refractivity contribution in [2.45, 2.75) is 6.54 Å². The molecule has 0 aliphatic carbocycles. The Morgan fingerprint density at radius 3 is 2.52 bits per heavy atom. The van der Waals surface area contributed by atoms with Crippen molar-refractivity contribution in [3.63, 3.8) is 0 Å². The number of hydrogen-bond acceptors (Lipinski definition) is 2. The smallest absolute Gasteiger partial charge is 0.132 e. The van der Waals surface area contributed by atoms with Crippen LogP contribution in [-0.4, -0.2) is 0 Å². The summed E-state index contributed by atoms with van der Waals surface area (Å²) in [4.78, 5) is 0. The second-order valence-electron chi connectivity index (χ2n) is 4.71. The standard InChI is InChI=1S/C17H13BrFNO/c18-14-3-1-12-9-16(5-2-11(12)7-14)21-17-6-4-15(19)8-13(17)10-20/h1-9H,10,20H2. The Hall–Kier alpha value is -1.91. The molecule has 0 aliphatic rings. The van der Waals surface area contributed by atoms with Crippen LogP contribution in [0.3, 0.4) is 0 Å². The molecule has 0 amide bonds. The van der Waals surface area contributed by atoms with Gasteiger partial charge >= 0.3 is 0 Å². The fourth-order valence-corrected chi connectivity index (χ4v) is 2.57. The quantitative estimate of drug-likeness (QED) is 0.725. The van der Waals surface area contributed by atoms with E-state index in [1.165, 1.54) is 12.1 Å². The summed E-state index contributed by atoms with van der Waals surface area (Å²) in [6, 6.07) is 16.2. The fraction of sp³-hybridized carbons (Fsp3) is 0.0588. The molecule has 0 aromatic heterocycles. The summed E-state index contributed by atoms with van der Waals surface area (Å²) in [6.45, 7) is 0.230. The molecule has 0 saturated carbocycles. The average molecular weight is 346 g/mol. The van der Waals surface area contributed by atoms with Gasteiger partial charge in [-0.3, -0.25) is 0 Å². The topological polar surface area (TPSA) is 35.2 Å². The Kier molecular flexibility index (Phi) is 3.90. The summed E-state index contributed by atoms with van der Waals surface area (Å²) in [5, 5.41) is 2.20. The third kappa shape index (κ3) is 3.06. The van der Waals surface area contributed by atoms with Gasteiger partial charge in [0.2, 0.25) is 0 Å². The first-order valence-corrected chi connectivity index (χ1v) is 7.31. The van der Waals surface area contributed by atoms with Gasteiger partial charge in [-0.2, -0.15) is 0 Å². The lowest BCUT2D eigenvalue weighted by Crippen LogP contribution is -2.00. The minimum Gasteiger partial charge on any atom is -0.457 e. The van der Waals surface area contributed by atoms with E-state index in [1.807, 2.05) is 36.4 Å². The predicted octanol–water partition coefficient (Wildman–Crippen LogP) is 4.99. The number of nitrogens with two attached hydrogens (primary N) is 1. The van der Waals surface area contributed by atoms with E-state index in [-0.39, 0.29) is 12.4 Å². The summed E-state index contributed by atoms with van der Waals surface area (Å²) < 4.78 is 20.1. The first-order chi connectivity index (χ1) is 10.2. The van der Waals surface area contributed by atoms with Crippen molar-refractivity contribution in [1.29, 1.82) is 0 Å². The van der Waals surface area contributed by atoms with Gasteiger partial charge in [-0.05, 0) is 53.2 Å². The molecule has 0 aliphatic heterocycles. The van der Waals surface area contributed by atoms with E-state index >= 15 is 0 Å². The molecule has 21 heavy (non-hydrogen) atoms. The summed E-state index contributed by atoms with van der Waals surface area (Å²) in [5.74, 6) is 0.965. The molecule has 0 radical (unpaired) electrons. The van der Waals surface area contributed by atoms with E-state index in [2.05, 4.69) is 15.9 Å². The molecule has 2 N–H and O–H groups in total. The van der Waals surface area contributed by atoms with Crippen LogP contribution in [0.5, 0.6) is 11.5 Å². The molecule has 0 bridgehead atoms. The van der Waals surface area contributed by atoms with Crippen LogP contribution in [0.4, 0.5) is 4.39 Å². The number of halogens is 2. The van der Waals surface area contributed by atoms with Crippen LogP contribution in [0.25, 0.3) is 10.8 Å². The molecule has 3 aromatic rings. The van der Waals surface area contributed by atoms with Crippen molar-refractivity contribution in [2.24, 2.45) is 5.73 Å². The minimum atomic E-state index is -0.314. The van der Waals surface area contributed by atoms with E-state index in [9.17, 15) is 4.39 Å². The summed E-state index contributed by atoms with van der Waals surface area (Å²) in [6.07, 6.45) is 0. The summed E-state index contributed by atoms with van der Waals surface area (Å²) in [5.41, 5.74) is 6.27. The average Bonchev–Trinajstić information content (AvgIpc) is 2.49. The Balaban J connectivity index is 1.96. The van der Waals surface area contributed by atoms with Gasteiger partial charge in [-0.1, -0.05) is 28.1 Å². The third-order valence-corrected chi connectivity index (χ3v) is 3.74. The Morgan fingerprint density at radius 1 is 0.952 bits per heavy atom. The molecule has 0 atom stereocenters. The van der Waals surface area contributed by atoms with Crippen molar-refractivity contribution in [2.75, 3.05) is 0 Å². The van der Waals surface area contributed by atoms with Gasteiger partial charge in [0.1, 0.15) is 17.3 Å². The van der Waals surface area contributed by atoms with E-state index in [4.69, 9.17) is 10.5 Å². The van der Waals surface area contributed by atoms with Crippen molar-refractivity contribution in [1.82, 2.24) is 0 Å². The van der Waals surface area contributed by atoms with Gasteiger partial charge < -0.3 is 10.5 Å². The number of rotatable bonds is 3. The van der Waals surface area contributed by atoms with Crippen LogP contribution in [0.2, 0.25) is 0 Å². The van der Waals surface area contributed by atoms with E-state index < -0.39 is 0 Å². The van der Waals surface area contributed by atoms with Gasteiger partial charge in [0.25, 0.3) is 0 Å². The number of fused-ring (bicyclic) bond motifs is 1. The summed E-state index contributed by atoms with van der Waals surface area (Å²) in [7, 11) is 0. The molecule has 4 heteroatoms. The molecule has 0 saturated heterocycles. The van der Waals surface area contributed by atoms with Crippen molar-refractivity contribution in [3.8, 4) is 11.5 Å². The largest absolute Gasteiger partial charge is 0.457 e. The fourth-order valence-electron chi connectivity index (χ4n) is 2.19. The van der Waals surface area contributed by atoms with Crippen LogP contribution < -0.4 is 10.5 Å². The Morgan fingerprint density at radius 2 is 1.71 bits per heavy atom. The zero-order valence-corrected chi connectivity index (χ0v) is 12.7. The molecule has 3 aromatic carbocycles. The molecule has 3 rings (SSSR count). The Bertz CT molecular complexity index is 804. The summed E-state index contributed by atoms with van der Waals surface area (Å²) >= 11 is 3.45. The zero-order valence-electron chi connectivity index (χ0n) is 11.1. The van der Waals surface area contributed by atoms with E-state index in [0.717, 1.165) is 15.2 Å². The molecule has 2 nitrogen and oxygen atoms in total. The SMILES string of the molecule is NCc1cc(F)ccc1Oc1ccc2cc(Br)ccc2c1. The second kappa shape index (κ2) is 5.84. The minimum absolute atomic E-state index is 0.230. The molecule has 0 unspecified atom stereocenters. The lowest BCUT2D eigenvalue weighted by molar-refractivity contribution is 0.474. The lowest BCUT2D eigenvalue weighted by Gasteiger charge is -2.11. The molecular formula is C17H13BrFNO. The van der Waals surface area contributed by atoms with Crippen LogP contribution in [0.1, 0.15) is 5.56 Å². The first kappa shape index (κ1) is 14.0. The van der Waals surface area contributed by atoms with Crippen molar-refractivity contribution >= 4 is 26.7 Å². The predicted molar refractivity (Wildman–Crippen MR) is 86.0 cm³/mol. The number of hydrogen-bond donors (Lipinski definition) is 1. The molecule has 0 spiro atoms. The zero-order chi connectivity index (χ0) is 14.8. The van der Waals surface area contributed by atoms with Gasteiger partial charge in [0.15, 0.2) is 0 Å². The Labute approximate surface area is 130 Å². The van der Waals surface area contributed by atoms with Gasteiger partial charge in [0.05, 0.1) is 0 Å². The monoisotopic (exact) mass is 345 g/mol. The molecule has 0 fully saturated rings. The first-order valence-electron chi connectivity index (χ1n) is 6.51. The van der Waals surface area contributed by atoms with Crippen molar-refractivity contribution in [3.05, 3.63) is 70.5 Å². The highest BCUT2D eigenvalue weighted by Crippen LogP contribution is 2.29. The van der Waals surface area contributed by atoms with Gasteiger partial charge in [0, 0.05) is 16.6 Å². The lowest BCUT2D eigenvalue weighted by atomic mass is 10.1. The second-order valence-corrected chi connectivity index (χ2v) is 5.63. The maximum atomic E-state index is 13.2. The maximum Gasteiger partial charge on any atom is 0.132 e. The highest BCUT2D eigenvalue weighted by atomic mass is 79.9. The van der Waals surface area contributed by atoms with E-state index in [1.54, 1.807) is 6.07 Å². The van der Waals surface area contributed by atoms with Crippen LogP contribution in [0, 0.1) is 5.82 Å². The highest BCUT2D eigenvalue weighted by Gasteiger charge is 2.06. The maximum absolute atomic E-state index is 13.2. The van der Waals surface area contributed by atoms with E-state index in [0.29, 0.717) is 17.1 Å².